The summed E-state index contributed by atoms with van der Waals surface area (Å²) in [4.78, 5) is 31.8. The Morgan fingerprint density at radius 3 is 2.84 bits per heavy atom. The maximum absolute atomic E-state index is 13.2. The molecule has 25 heavy (non-hydrogen) atoms. The van der Waals surface area contributed by atoms with Crippen LogP contribution < -0.4 is 5.56 Å². The predicted octanol–water partition coefficient (Wildman–Crippen LogP) is 3.65. The van der Waals surface area contributed by atoms with E-state index in [9.17, 15) is 9.59 Å². The minimum absolute atomic E-state index is 0.0458. The summed E-state index contributed by atoms with van der Waals surface area (Å²) in [6.07, 6.45) is 4.35. The van der Waals surface area contributed by atoms with Crippen molar-refractivity contribution in [3.05, 3.63) is 20.8 Å². The molecular weight excluding hydrogens is 356 g/mol. The second-order valence-corrected chi connectivity index (χ2v) is 8.71. The summed E-state index contributed by atoms with van der Waals surface area (Å²) in [5.74, 6) is 0.228. The van der Waals surface area contributed by atoms with Crippen molar-refractivity contribution in [1.82, 2.24) is 9.55 Å². The monoisotopic (exact) mass is 380 g/mol. The third kappa shape index (κ3) is 3.92. The van der Waals surface area contributed by atoms with Crippen LogP contribution in [0.1, 0.15) is 44.1 Å². The second kappa shape index (κ2) is 7.91. The normalized spacial score (nSPS) is 14.1. The number of aryl methyl sites for hydroxylation is 2. The Bertz CT molecular complexity index is 839. The van der Waals surface area contributed by atoms with Crippen molar-refractivity contribution >= 4 is 39.3 Å². The van der Waals surface area contributed by atoms with Crippen LogP contribution in [0, 0.1) is 5.92 Å². The van der Waals surface area contributed by atoms with Crippen molar-refractivity contribution in [2.45, 2.75) is 58.2 Å². The summed E-state index contributed by atoms with van der Waals surface area (Å²) in [5.41, 5.74) is 1.26. The van der Waals surface area contributed by atoms with E-state index in [1.54, 1.807) is 22.8 Å². The molecule has 0 fully saturated rings. The Morgan fingerprint density at radius 2 is 2.12 bits per heavy atom. The van der Waals surface area contributed by atoms with Gasteiger partial charge in [0.25, 0.3) is 5.56 Å². The van der Waals surface area contributed by atoms with Crippen molar-refractivity contribution in [1.29, 1.82) is 0 Å². The summed E-state index contributed by atoms with van der Waals surface area (Å²) < 4.78 is 6.74. The summed E-state index contributed by atoms with van der Waals surface area (Å²) in [6, 6.07) is 0. The molecular formula is C18H24N2O3S2. The molecule has 2 heterocycles. The van der Waals surface area contributed by atoms with Crippen LogP contribution in [0.2, 0.25) is 0 Å². The first-order valence-electron chi connectivity index (χ1n) is 8.84. The molecule has 0 amide bonds. The Hall–Kier alpha value is -1.34. The van der Waals surface area contributed by atoms with Gasteiger partial charge in [0.1, 0.15) is 4.83 Å². The second-order valence-electron chi connectivity index (χ2n) is 6.69. The molecule has 2 aromatic rings. The number of aromatic nitrogens is 2. The predicted molar refractivity (Wildman–Crippen MR) is 103 cm³/mol. The Balaban J connectivity index is 2.05. The van der Waals surface area contributed by atoms with Gasteiger partial charge < -0.3 is 4.74 Å². The SMILES string of the molecule is CCOC(=O)CSc1nc2sc3c(c2c(=O)n1CC(C)C)CCCC3. The van der Waals surface area contributed by atoms with Gasteiger partial charge in [-0.05, 0) is 44.1 Å². The zero-order chi connectivity index (χ0) is 18.0. The lowest BCUT2D eigenvalue weighted by Gasteiger charge is -2.14. The molecule has 1 aliphatic rings. The number of carbonyl (C=O) groups excluding carboxylic acids is 1. The summed E-state index contributed by atoms with van der Waals surface area (Å²) in [5, 5.41) is 1.43. The van der Waals surface area contributed by atoms with Crippen molar-refractivity contribution < 1.29 is 9.53 Å². The van der Waals surface area contributed by atoms with E-state index in [0.29, 0.717) is 24.2 Å². The molecule has 7 heteroatoms. The fourth-order valence-electron chi connectivity index (χ4n) is 3.18. The minimum Gasteiger partial charge on any atom is -0.465 e. The quantitative estimate of drug-likeness (QED) is 0.435. The first-order valence-corrected chi connectivity index (χ1v) is 10.6. The number of hydrogen-bond donors (Lipinski definition) is 0. The third-order valence-corrected chi connectivity index (χ3v) is 6.35. The Morgan fingerprint density at radius 1 is 1.36 bits per heavy atom. The minimum atomic E-state index is -0.275. The fourth-order valence-corrected chi connectivity index (χ4v) is 5.29. The summed E-state index contributed by atoms with van der Waals surface area (Å²) in [6.45, 7) is 6.93. The number of thioether (sulfide) groups is 1. The van der Waals surface area contributed by atoms with E-state index in [4.69, 9.17) is 9.72 Å². The highest BCUT2D eigenvalue weighted by Gasteiger charge is 2.22. The maximum Gasteiger partial charge on any atom is 0.316 e. The number of ether oxygens (including phenoxy) is 1. The average Bonchev–Trinajstić information content (AvgIpc) is 2.94. The van der Waals surface area contributed by atoms with Gasteiger partial charge in [-0.2, -0.15) is 0 Å². The standard InChI is InChI=1S/C18H24N2O3S2/c1-4-23-14(21)10-24-18-19-16-15(17(22)20(18)9-11(2)3)12-7-5-6-8-13(12)25-16/h11H,4-10H2,1-3H3. The molecule has 0 radical (unpaired) electrons. The smallest absolute Gasteiger partial charge is 0.316 e. The number of fused-ring (bicyclic) bond motifs is 3. The fraction of sp³-hybridized carbons (Fsp3) is 0.611. The summed E-state index contributed by atoms with van der Waals surface area (Å²) in [7, 11) is 0. The van der Waals surface area contributed by atoms with E-state index in [-0.39, 0.29) is 17.3 Å². The molecule has 0 aliphatic heterocycles. The van der Waals surface area contributed by atoms with Crippen LogP contribution in [0.5, 0.6) is 0 Å². The van der Waals surface area contributed by atoms with Crippen LogP contribution in [-0.4, -0.2) is 27.9 Å². The highest BCUT2D eigenvalue weighted by atomic mass is 32.2. The molecule has 5 nitrogen and oxygen atoms in total. The zero-order valence-corrected chi connectivity index (χ0v) is 16.6. The Labute approximate surface area is 155 Å². The molecule has 1 aliphatic carbocycles. The topological polar surface area (TPSA) is 61.2 Å². The molecule has 136 valence electrons. The average molecular weight is 381 g/mol. The lowest BCUT2D eigenvalue weighted by atomic mass is 9.97. The first kappa shape index (κ1) is 18.5. The number of hydrogen-bond acceptors (Lipinski definition) is 6. The van der Waals surface area contributed by atoms with Crippen molar-refractivity contribution in [2.75, 3.05) is 12.4 Å². The van der Waals surface area contributed by atoms with Gasteiger partial charge in [-0.3, -0.25) is 14.2 Å². The van der Waals surface area contributed by atoms with Crippen LogP contribution in [0.3, 0.4) is 0 Å². The molecule has 3 rings (SSSR count). The van der Waals surface area contributed by atoms with E-state index in [1.165, 1.54) is 28.6 Å². The molecule has 0 saturated heterocycles. The van der Waals surface area contributed by atoms with Crippen LogP contribution in [0.25, 0.3) is 10.2 Å². The van der Waals surface area contributed by atoms with Crippen LogP contribution >= 0.6 is 23.1 Å². The lowest BCUT2D eigenvalue weighted by Crippen LogP contribution is -2.26. The molecule has 0 N–H and O–H groups in total. The number of thiophene rings is 1. The van der Waals surface area contributed by atoms with Crippen molar-refractivity contribution in [2.24, 2.45) is 5.92 Å². The zero-order valence-electron chi connectivity index (χ0n) is 15.0. The van der Waals surface area contributed by atoms with Gasteiger partial charge >= 0.3 is 5.97 Å². The van der Waals surface area contributed by atoms with Crippen LogP contribution in [0.4, 0.5) is 0 Å². The molecule has 0 aromatic carbocycles. The van der Waals surface area contributed by atoms with Gasteiger partial charge in [-0.25, -0.2) is 4.98 Å². The third-order valence-electron chi connectivity index (χ3n) is 4.21. The van der Waals surface area contributed by atoms with E-state index < -0.39 is 0 Å². The van der Waals surface area contributed by atoms with Gasteiger partial charge in [0, 0.05) is 11.4 Å². The molecule has 0 spiro atoms. The van der Waals surface area contributed by atoms with Crippen LogP contribution in [-0.2, 0) is 28.9 Å². The van der Waals surface area contributed by atoms with Crippen molar-refractivity contribution in [3.8, 4) is 0 Å². The van der Waals surface area contributed by atoms with Gasteiger partial charge in [0.2, 0.25) is 0 Å². The molecule has 0 bridgehead atoms. The van der Waals surface area contributed by atoms with Gasteiger partial charge in [0.15, 0.2) is 5.16 Å². The van der Waals surface area contributed by atoms with Gasteiger partial charge in [-0.15, -0.1) is 11.3 Å². The largest absolute Gasteiger partial charge is 0.465 e. The van der Waals surface area contributed by atoms with E-state index in [2.05, 4.69) is 13.8 Å². The van der Waals surface area contributed by atoms with E-state index in [0.717, 1.165) is 29.5 Å². The van der Waals surface area contributed by atoms with Gasteiger partial charge in [0.05, 0.1) is 17.7 Å². The first-order chi connectivity index (χ1) is 12.0. The summed E-state index contributed by atoms with van der Waals surface area (Å²) >= 11 is 2.94. The highest BCUT2D eigenvalue weighted by molar-refractivity contribution is 7.99. The molecule has 0 saturated carbocycles. The van der Waals surface area contributed by atoms with Crippen molar-refractivity contribution in [3.63, 3.8) is 0 Å². The molecule has 2 aromatic heterocycles. The van der Waals surface area contributed by atoms with E-state index in [1.807, 2.05) is 0 Å². The number of rotatable bonds is 6. The molecule has 0 unspecified atom stereocenters. The Kier molecular flexibility index (Phi) is 5.84. The number of nitrogens with zero attached hydrogens (tertiary/aromatic N) is 2. The van der Waals surface area contributed by atoms with Crippen LogP contribution in [0.15, 0.2) is 9.95 Å². The highest BCUT2D eigenvalue weighted by Crippen LogP contribution is 2.34. The maximum atomic E-state index is 13.2. The van der Waals surface area contributed by atoms with Gasteiger partial charge in [-0.1, -0.05) is 25.6 Å². The molecule has 0 atom stereocenters. The van der Waals surface area contributed by atoms with E-state index >= 15 is 0 Å². The number of esters is 1. The number of carbonyl (C=O) groups is 1. The lowest BCUT2D eigenvalue weighted by molar-refractivity contribution is -0.139.